The highest BCUT2D eigenvalue weighted by atomic mass is 32.2. The Morgan fingerprint density at radius 2 is 2.40 bits per heavy atom. The number of aromatic nitrogens is 2. The Morgan fingerprint density at radius 3 is 2.80 bits per heavy atom. The molecule has 0 aromatic carbocycles. The Kier molecular flexibility index (Phi) is 1.83. The second kappa shape index (κ2) is 2.48. The first kappa shape index (κ1) is 7.38. The Morgan fingerprint density at radius 1 is 1.70 bits per heavy atom. The molecule has 0 saturated heterocycles. The highest BCUT2D eigenvalue weighted by Gasteiger charge is 2.04. The maximum atomic E-state index is 10.1. The zero-order valence-corrected chi connectivity index (χ0v) is 6.18. The van der Waals surface area contributed by atoms with Crippen LogP contribution >= 0.6 is 11.3 Å². The molecule has 1 rings (SSSR count). The van der Waals surface area contributed by atoms with E-state index in [0.717, 1.165) is 11.3 Å². The molecule has 0 fully saturated rings. The lowest BCUT2D eigenvalue weighted by atomic mass is 11.3. The smallest absolute Gasteiger partial charge is 0.269 e. The molecule has 0 spiro atoms. The Hall–Kier alpha value is -0.730. The third-order valence-electron chi connectivity index (χ3n) is 0.576. The van der Waals surface area contributed by atoms with Crippen molar-refractivity contribution in [2.45, 2.75) is 0 Å². The minimum absolute atomic E-state index is 0.0440. The zero-order valence-electron chi connectivity index (χ0n) is 4.55. The van der Waals surface area contributed by atoms with Crippen molar-refractivity contribution in [1.82, 2.24) is 10.2 Å². The van der Waals surface area contributed by atoms with Crippen LogP contribution in [0, 0.1) is 0 Å². The van der Waals surface area contributed by atoms with Crippen LogP contribution in [0.15, 0.2) is 5.51 Å². The summed E-state index contributed by atoms with van der Waals surface area (Å²) in [4.78, 5) is 0. The summed E-state index contributed by atoms with van der Waals surface area (Å²) < 4.78 is 30.1. The van der Waals surface area contributed by atoms with Gasteiger partial charge in [0.25, 0.3) is 0 Å². The maximum absolute atomic E-state index is 10.1. The van der Waals surface area contributed by atoms with E-state index in [0.29, 0.717) is 0 Å². The molecule has 0 saturated carbocycles. The van der Waals surface area contributed by atoms with Gasteiger partial charge in [0, 0.05) is 0 Å². The molecule has 0 atom stereocenters. The molecule has 0 aliphatic carbocycles. The topological polar surface area (TPSA) is 92.2 Å². The summed E-state index contributed by atoms with van der Waals surface area (Å²) in [5, 5.41) is 6.70. The van der Waals surface area contributed by atoms with Gasteiger partial charge in [-0.1, -0.05) is 11.3 Å². The molecule has 0 radical (unpaired) electrons. The summed E-state index contributed by atoms with van der Waals surface area (Å²) in [6.45, 7) is 0. The molecule has 8 heteroatoms. The first-order valence-electron chi connectivity index (χ1n) is 2.09. The van der Waals surface area contributed by atoms with Crippen molar-refractivity contribution in [3.8, 4) is 0 Å². The van der Waals surface area contributed by atoms with Crippen LogP contribution in [-0.4, -0.2) is 23.2 Å². The predicted molar refractivity (Wildman–Crippen MR) is 35.1 cm³/mol. The van der Waals surface area contributed by atoms with Crippen LogP contribution in [0.4, 0.5) is 5.13 Å². The number of nitrogens with one attached hydrogen (secondary N) is 1. The predicted octanol–water partition coefficient (Wildman–Crippen LogP) is -0.247. The van der Waals surface area contributed by atoms with Gasteiger partial charge in [-0.2, -0.15) is 8.42 Å². The van der Waals surface area contributed by atoms with Crippen LogP contribution in [-0.2, 0) is 10.3 Å². The molecule has 56 valence electrons. The largest absolute Gasteiger partial charge is 0.359 e. The average Bonchev–Trinajstić information content (AvgIpc) is 2.12. The van der Waals surface area contributed by atoms with Gasteiger partial charge in [-0.25, -0.2) is 4.72 Å². The number of hydrogen-bond acceptors (Lipinski definition) is 5. The van der Waals surface area contributed by atoms with Crippen LogP contribution in [0.1, 0.15) is 0 Å². The van der Waals surface area contributed by atoms with Gasteiger partial charge in [-0.05, 0) is 0 Å². The summed E-state index contributed by atoms with van der Waals surface area (Å²) in [5.74, 6) is 0. The van der Waals surface area contributed by atoms with Crippen LogP contribution in [0.2, 0.25) is 0 Å². The number of rotatable bonds is 2. The summed E-state index contributed by atoms with van der Waals surface area (Å²) in [7, 11) is -4.19. The molecule has 10 heavy (non-hydrogen) atoms. The van der Waals surface area contributed by atoms with E-state index in [9.17, 15) is 8.42 Å². The van der Waals surface area contributed by atoms with E-state index in [4.69, 9.17) is 4.55 Å². The van der Waals surface area contributed by atoms with E-state index in [2.05, 4.69) is 10.2 Å². The van der Waals surface area contributed by atoms with Crippen molar-refractivity contribution >= 4 is 26.8 Å². The molecule has 0 aliphatic rings. The van der Waals surface area contributed by atoms with Crippen molar-refractivity contribution in [3.05, 3.63) is 5.51 Å². The molecule has 0 aliphatic heterocycles. The van der Waals surface area contributed by atoms with Crippen molar-refractivity contribution < 1.29 is 13.0 Å². The van der Waals surface area contributed by atoms with Crippen LogP contribution in [0.3, 0.4) is 0 Å². The lowest BCUT2D eigenvalue weighted by Gasteiger charge is -1.92. The molecule has 6 nitrogen and oxygen atoms in total. The molecule has 0 bridgehead atoms. The second-order valence-electron chi connectivity index (χ2n) is 1.32. The first-order valence-corrected chi connectivity index (χ1v) is 4.41. The van der Waals surface area contributed by atoms with Crippen LogP contribution in [0.25, 0.3) is 0 Å². The lowest BCUT2D eigenvalue weighted by Crippen LogP contribution is -2.09. The van der Waals surface area contributed by atoms with Gasteiger partial charge < -0.3 is 0 Å². The Bertz CT molecular complexity index is 290. The molecular formula is C2H3N3O3S2. The quantitative estimate of drug-likeness (QED) is 0.614. The number of anilines is 1. The summed E-state index contributed by atoms with van der Waals surface area (Å²) in [6, 6.07) is 0. The van der Waals surface area contributed by atoms with Crippen molar-refractivity contribution in [2.24, 2.45) is 0 Å². The lowest BCUT2D eigenvalue weighted by molar-refractivity contribution is 0.489. The van der Waals surface area contributed by atoms with Crippen molar-refractivity contribution in [3.63, 3.8) is 0 Å². The standard InChI is InChI=1S/C2H3N3O3S2/c6-10(7,8)5-2-4-3-1-9-2/h1H,(H,4,5)(H,6,7,8). The van der Waals surface area contributed by atoms with E-state index >= 15 is 0 Å². The summed E-state index contributed by atoms with van der Waals surface area (Å²) in [6.07, 6.45) is 0. The maximum Gasteiger partial charge on any atom is 0.359 e. The van der Waals surface area contributed by atoms with Crippen molar-refractivity contribution in [1.29, 1.82) is 0 Å². The van der Waals surface area contributed by atoms with E-state index < -0.39 is 10.3 Å². The van der Waals surface area contributed by atoms with Gasteiger partial charge in [0.15, 0.2) is 0 Å². The molecule has 1 heterocycles. The minimum Gasteiger partial charge on any atom is -0.269 e. The molecule has 0 unspecified atom stereocenters. The second-order valence-corrected chi connectivity index (χ2v) is 3.31. The average molecular weight is 181 g/mol. The fourth-order valence-corrected chi connectivity index (χ4v) is 1.39. The van der Waals surface area contributed by atoms with Gasteiger partial charge in [0.2, 0.25) is 5.13 Å². The van der Waals surface area contributed by atoms with Crippen LogP contribution < -0.4 is 4.72 Å². The zero-order chi connectivity index (χ0) is 7.61. The molecule has 2 N–H and O–H groups in total. The van der Waals surface area contributed by atoms with Crippen LogP contribution in [0.5, 0.6) is 0 Å². The normalized spacial score (nSPS) is 11.3. The Balaban J connectivity index is 2.75. The van der Waals surface area contributed by atoms with Crippen molar-refractivity contribution in [2.75, 3.05) is 4.72 Å². The van der Waals surface area contributed by atoms with E-state index in [1.165, 1.54) is 5.51 Å². The SMILES string of the molecule is O=S(=O)(O)Nc1nncs1. The Labute approximate surface area is 60.8 Å². The monoisotopic (exact) mass is 181 g/mol. The van der Waals surface area contributed by atoms with Gasteiger partial charge in [-0.3, -0.25) is 4.55 Å². The van der Waals surface area contributed by atoms with Gasteiger partial charge in [0.05, 0.1) is 0 Å². The molecular weight excluding hydrogens is 178 g/mol. The molecule has 1 aromatic rings. The van der Waals surface area contributed by atoms with Gasteiger partial charge in [0.1, 0.15) is 5.51 Å². The van der Waals surface area contributed by atoms with E-state index in [-0.39, 0.29) is 5.13 Å². The van der Waals surface area contributed by atoms with Gasteiger partial charge >= 0.3 is 10.3 Å². The van der Waals surface area contributed by atoms with Gasteiger partial charge in [-0.15, -0.1) is 10.2 Å². The number of hydrogen-bond donors (Lipinski definition) is 2. The fourth-order valence-electron chi connectivity index (χ4n) is 0.328. The first-order chi connectivity index (χ1) is 4.58. The highest BCUT2D eigenvalue weighted by Crippen LogP contribution is 2.08. The number of nitrogens with zero attached hydrogens (tertiary/aromatic N) is 2. The molecule has 1 aromatic heterocycles. The molecule has 0 amide bonds. The summed E-state index contributed by atoms with van der Waals surface area (Å²) in [5.41, 5.74) is 1.34. The third kappa shape index (κ3) is 2.25. The third-order valence-corrected chi connectivity index (χ3v) is 1.76. The van der Waals surface area contributed by atoms with E-state index in [1.807, 2.05) is 0 Å². The highest BCUT2D eigenvalue weighted by molar-refractivity contribution is 7.87. The minimum atomic E-state index is -4.19. The fraction of sp³-hybridized carbons (Fsp3) is 0. The van der Waals surface area contributed by atoms with E-state index in [1.54, 1.807) is 4.72 Å². The summed E-state index contributed by atoms with van der Waals surface area (Å²) >= 11 is 0.977.